The second-order valence-electron chi connectivity index (χ2n) is 14.5. The van der Waals surface area contributed by atoms with Crippen molar-refractivity contribution in [2.45, 2.75) is 19.8 Å². The lowest BCUT2D eigenvalue weighted by molar-refractivity contribution is 0.869. The molecule has 0 radical (unpaired) electrons. The van der Waals surface area contributed by atoms with Crippen LogP contribution < -0.4 is 0 Å². The first-order chi connectivity index (χ1) is 25.2. The van der Waals surface area contributed by atoms with Gasteiger partial charge in [0.1, 0.15) is 0 Å². The van der Waals surface area contributed by atoms with E-state index in [-0.39, 0.29) is 0 Å². The summed E-state index contributed by atoms with van der Waals surface area (Å²) >= 11 is 0. The number of rotatable bonds is 4. The zero-order chi connectivity index (χ0) is 33.8. The molecule has 0 saturated heterocycles. The molecule has 0 spiro atoms. The van der Waals surface area contributed by atoms with E-state index in [1.165, 1.54) is 114 Å². The van der Waals surface area contributed by atoms with Gasteiger partial charge in [-0.2, -0.15) is 0 Å². The van der Waals surface area contributed by atoms with Gasteiger partial charge in [0.15, 0.2) is 0 Å². The monoisotopic (exact) mass is 646 g/mol. The second-order valence-corrected chi connectivity index (χ2v) is 14.5. The second kappa shape index (κ2) is 10.6. The smallest absolute Gasteiger partial charge is 0.000719 e. The molecule has 238 valence electrons. The summed E-state index contributed by atoms with van der Waals surface area (Å²) in [6.07, 6.45) is 0. The summed E-state index contributed by atoms with van der Waals surface area (Å²) < 4.78 is 0. The summed E-state index contributed by atoms with van der Waals surface area (Å²) in [4.78, 5) is 0. The van der Waals surface area contributed by atoms with E-state index in [0.717, 1.165) is 0 Å². The Labute approximate surface area is 296 Å². The maximum absolute atomic E-state index is 2.52. The molecule has 11 aromatic carbocycles. The standard InChI is InChI=1S/C51H34/c1-30(2)33-19-9-10-20-34(33)37-27-28-42-47-39(37)24-14-26-41(47)50-45(31-15-5-3-6-16-31)44-29-43-36-22-12-11-21-35(36)38-23-13-25-40(48(38)43)49(44)46(51(42)50)32-17-7-4-8-18-32/h3-30H,1-2H3. The Hall–Kier alpha value is -6.24. The Kier molecular flexibility index (Phi) is 5.96. The van der Waals surface area contributed by atoms with E-state index in [1.54, 1.807) is 0 Å². The van der Waals surface area contributed by atoms with Crippen molar-refractivity contribution in [3.05, 3.63) is 169 Å². The molecule has 0 heterocycles. The molecule has 0 N–H and O–H groups in total. The molecular formula is C51H34. The van der Waals surface area contributed by atoms with E-state index < -0.39 is 0 Å². The van der Waals surface area contributed by atoms with Crippen LogP contribution in [0.2, 0.25) is 0 Å². The molecule has 0 atom stereocenters. The van der Waals surface area contributed by atoms with E-state index in [2.05, 4.69) is 178 Å². The fourth-order valence-electron chi connectivity index (χ4n) is 9.49. The van der Waals surface area contributed by atoms with Gasteiger partial charge in [0, 0.05) is 0 Å². The highest BCUT2D eigenvalue weighted by molar-refractivity contribution is 6.45. The zero-order valence-electron chi connectivity index (χ0n) is 28.7. The first-order valence-electron chi connectivity index (χ1n) is 18.1. The first-order valence-corrected chi connectivity index (χ1v) is 18.1. The van der Waals surface area contributed by atoms with Crippen LogP contribution in [0, 0.1) is 0 Å². The number of hydrogen-bond donors (Lipinski definition) is 0. The minimum Gasteiger partial charge on any atom is -0.0622 e. The van der Waals surface area contributed by atoms with Gasteiger partial charge in [0.2, 0.25) is 0 Å². The van der Waals surface area contributed by atoms with Gasteiger partial charge in [-0.3, -0.25) is 0 Å². The maximum atomic E-state index is 2.52. The molecular weight excluding hydrogens is 613 g/mol. The Morgan fingerprint density at radius 3 is 1.53 bits per heavy atom. The normalized spacial score (nSPS) is 12.3. The Balaban J connectivity index is 1.44. The molecule has 51 heavy (non-hydrogen) atoms. The van der Waals surface area contributed by atoms with E-state index >= 15 is 0 Å². The lowest BCUT2D eigenvalue weighted by Crippen LogP contribution is -1.92. The third-order valence-electron chi connectivity index (χ3n) is 11.5. The minimum absolute atomic E-state index is 0.428. The third kappa shape index (κ3) is 3.85. The van der Waals surface area contributed by atoms with E-state index in [9.17, 15) is 0 Å². The highest BCUT2D eigenvalue weighted by Gasteiger charge is 2.27. The van der Waals surface area contributed by atoms with Gasteiger partial charge in [0.25, 0.3) is 0 Å². The first kappa shape index (κ1) is 28.6. The van der Waals surface area contributed by atoms with Gasteiger partial charge < -0.3 is 0 Å². The zero-order valence-corrected chi connectivity index (χ0v) is 28.7. The highest BCUT2D eigenvalue weighted by atomic mass is 14.3. The largest absolute Gasteiger partial charge is 0.0622 e. The van der Waals surface area contributed by atoms with Gasteiger partial charge in [-0.05, 0) is 126 Å². The fraction of sp³-hybridized carbons (Fsp3) is 0.0588. The summed E-state index contributed by atoms with van der Waals surface area (Å²) in [5.74, 6) is 0.428. The van der Waals surface area contributed by atoms with Crippen LogP contribution in [0.1, 0.15) is 25.3 Å². The lowest BCUT2D eigenvalue weighted by Gasteiger charge is -2.19. The van der Waals surface area contributed by atoms with Crippen molar-refractivity contribution < 1.29 is 0 Å². The van der Waals surface area contributed by atoms with Crippen LogP contribution in [-0.4, -0.2) is 0 Å². The Bertz CT molecular complexity index is 3130. The molecule has 0 fully saturated rings. The summed E-state index contributed by atoms with van der Waals surface area (Å²) in [5, 5.41) is 18.7. The Morgan fingerprint density at radius 1 is 0.294 bits per heavy atom. The topological polar surface area (TPSA) is 0 Å². The molecule has 0 aliphatic heterocycles. The summed E-state index contributed by atoms with van der Waals surface area (Å²) in [6.45, 7) is 4.60. The van der Waals surface area contributed by atoms with Crippen LogP contribution in [-0.2, 0) is 0 Å². The summed E-state index contributed by atoms with van der Waals surface area (Å²) in [7, 11) is 0. The quantitative estimate of drug-likeness (QED) is 0.167. The number of benzene rings is 9. The molecule has 0 saturated carbocycles. The highest BCUT2D eigenvalue weighted by Crippen LogP contribution is 2.55. The van der Waals surface area contributed by atoms with Crippen LogP contribution in [0.3, 0.4) is 0 Å². The third-order valence-corrected chi connectivity index (χ3v) is 11.5. The predicted molar refractivity (Wildman–Crippen MR) is 222 cm³/mol. The molecule has 0 heteroatoms. The van der Waals surface area contributed by atoms with Crippen molar-refractivity contribution in [3.63, 3.8) is 0 Å². The summed E-state index contributed by atoms with van der Waals surface area (Å²) in [6, 6.07) is 61.5. The van der Waals surface area contributed by atoms with Gasteiger partial charge in [-0.25, -0.2) is 0 Å². The average molecular weight is 647 g/mol. The molecule has 0 aliphatic carbocycles. The van der Waals surface area contributed by atoms with Crippen LogP contribution in [0.5, 0.6) is 0 Å². The number of hydrogen-bond acceptors (Lipinski definition) is 0. The van der Waals surface area contributed by atoms with Crippen LogP contribution in [0.4, 0.5) is 0 Å². The van der Waals surface area contributed by atoms with Crippen LogP contribution in [0.15, 0.2) is 164 Å². The minimum atomic E-state index is 0.428. The lowest BCUT2D eigenvalue weighted by atomic mass is 9.84. The summed E-state index contributed by atoms with van der Waals surface area (Å²) in [5.41, 5.74) is 9.18. The molecule has 0 aliphatic rings. The molecule has 11 aromatic rings. The van der Waals surface area contributed by atoms with Crippen molar-refractivity contribution in [1.29, 1.82) is 0 Å². The van der Waals surface area contributed by atoms with Gasteiger partial charge in [0.05, 0.1) is 0 Å². The molecule has 0 unspecified atom stereocenters. The molecule has 0 amide bonds. The van der Waals surface area contributed by atoms with E-state index in [0.29, 0.717) is 5.92 Å². The van der Waals surface area contributed by atoms with Crippen molar-refractivity contribution in [2.24, 2.45) is 0 Å². The predicted octanol–water partition coefficient (Wildman–Crippen LogP) is 14.8. The average Bonchev–Trinajstić information content (AvgIpc) is 3.69. The molecule has 0 nitrogen and oxygen atoms in total. The van der Waals surface area contributed by atoms with Gasteiger partial charge >= 0.3 is 0 Å². The van der Waals surface area contributed by atoms with Gasteiger partial charge in [-0.15, -0.1) is 0 Å². The van der Waals surface area contributed by atoms with Crippen molar-refractivity contribution in [1.82, 2.24) is 0 Å². The van der Waals surface area contributed by atoms with Crippen LogP contribution >= 0.6 is 0 Å². The van der Waals surface area contributed by atoms with Crippen molar-refractivity contribution in [2.75, 3.05) is 0 Å². The van der Waals surface area contributed by atoms with Gasteiger partial charge in [-0.1, -0.05) is 172 Å². The van der Waals surface area contributed by atoms with Crippen LogP contribution in [0.25, 0.3) is 109 Å². The SMILES string of the molecule is CC(C)c1ccccc1-c1ccc2c3c(-c4ccccc4)c4c(cc5c6ccccc6c6cccc4c65)c(-c4ccccc4)c3c3cccc1c32. The molecule has 0 bridgehead atoms. The molecule has 0 aromatic heterocycles. The Morgan fingerprint density at radius 2 is 0.804 bits per heavy atom. The maximum Gasteiger partial charge on any atom is -0.000719 e. The van der Waals surface area contributed by atoms with Crippen molar-refractivity contribution >= 4 is 75.4 Å². The van der Waals surface area contributed by atoms with E-state index in [4.69, 9.17) is 0 Å². The van der Waals surface area contributed by atoms with Crippen molar-refractivity contribution in [3.8, 4) is 33.4 Å². The van der Waals surface area contributed by atoms with E-state index in [1.807, 2.05) is 0 Å². The molecule has 11 rings (SSSR count). The fourth-order valence-corrected chi connectivity index (χ4v) is 9.49. The number of fused-ring (bicyclic) bond motifs is 8.